The summed E-state index contributed by atoms with van der Waals surface area (Å²) in [7, 11) is 0. The molecule has 1 aliphatic rings. The molecule has 3 N–H and O–H groups in total. The van der Waals surface area contributed by atoms with Crippen LogP contribution in [0.5, 0.6) is 0 Å². The molecule has 22 heavy (non-hydrogen) atoms. The van der Waals surface area contributed by atoms with Crippen LogP contribution < -0.4 is 5.32 Å². The number of aromatic nitrogens is 2. The minimum absolute atomic E-state index is 0.0179. The Labute approximate surface area is 127 Å². The molecule has 0 spiro atoms. The lowest BCUT2D eigenvalue weighted by atomic mass is 9.92. The molecule has 0 aromatic carbocycles. The molecule has 2 heterocycles. The van der Waals surface area contributed by atoms with Gasteiger partial charge in [0.15, 0.2) is 5.69 Å². The Morgan fingerprint density at radius 1 is 1.36 bits per heavy atom. The van der Waals surface area contributed by atoms with Crippen molar-refractivity contribution in [1.29, 1.82) is 0 Å². The molecule has 2 aromatic heterocycles. The summed E-state index contributed by atoms with van der Waals surface area (Å²) in [6.07, 6.45) is 6.14. The molecule has 0 unspecified atom stereocenters. The number of anilines is 1. The molecule has 1 fully saturated rings. The molecule has 0 radical (unpaired) electrons. The Hall–Kier alpha value is -2.41. The van der Waals surface area contributed by atoms with Crippen molar-refractivity contribution in [3.05, 3.63) is 30.3 Å². The van der Waals surface area contributed by atoms with Gasteiger partial charge in [-0.25, -0.2) is 14.8 Å². The number of nitrogens with one attached hydrogen (secondary N) is 1. The van der Waals surface area contributed by atoms with Gasteiger partial charge in [0.05, 0.1) is 12.1 Å². The zero-order valence-corrected chi connectivity index (χ0v) is 11.9. The topological polar surface area (TPSA) is 108 Å². The molecule has 1 saturated carbocycles. The fourth-order valence-corrected chi connectivity index (χ4v) is 2.62. The maximum atomic E-state index is 10.8. The maximum absolute atomic E-state index is 10.8. The van der Waals surface area contributed by atoms with E-state index in [0.29, 0.717) is 11.4 Å². The van der Waals surface area contributed by atoms with E-state index in [9.17, 15) is 9.90 Å². The zero-order chi connectivity index (χ0) is 15.5. The highest BCUT2D eigenvalue weighted by Gasteiger charge is 2.23. The van der Waals surface area contributed by atoms with Crippen molar-refractivity contribution in [3.8, 4) is 11.5 Å². The number of aliphatic hydroxyl groups excluding tert-OH is 1. The summed E-state index contributed by atoms with van der Waals surface area (Å²) in [6.45, 7) is 0. The Balaban J connectivity index is 1.78. The quantitative estimate of drug-likeness (QED) is 0.794. The monoisotopic (exact) mass is 303 g/mol. The summed E-state index contributed by atoms with van der Waals surface area (Å²) in [6, 6.07) is 3.41. The third-order valence-electron chi connectivity index (χ3n) is 3.79. The van der Waals surface area contributed by atoms with Gasteiger partial charge in [-0.05, 0) is 25.0 Å². The van der Waals surface area contributed by atoms with Crippen LogP contribution >= 0.6 is 0 Å². The van der Waals surface area contributed by atoms with Crippen LogP contribution in [0.2, 0.25) is 0 Å². The van der Waals surface area contributed by atoms with Gasteiger partial charge in [-0.3, -0.25) is 0 Å². The van der Waals surface area contributed by atoms with E-state index in [2.05, 4.69) is 15.3 Å². The Morgan fingerprint density at radius 2 is 2.18 bits per heavy atom. The summed E-state index contributed by atoms with van der Waals surface area (Å²) in [5.41, 5.74) is 0.499. The van der Waals surface area contributed by atoms with Gasteiger partial charge < -0.3 is 19.9 Å². The summed E-state index contributed by atoms with van der Waals surface area (Å²) >= 11 is 0. The number of pyridine rings is 1. The first kappa shape index (κ1) is 14.5. The van der Waals surface area contributed by atoms with E-state index >= 15 is 0 Å². The molecule has 0 saturated heterocycles. The second-order valence-corrected chi connectivity index (χ2v) is 5.38. The van der Waals surface area contributed by atoms with Crippen molar-refractivity contribution < 1.29 is 19.4 Å². The minimum Gasteiger partial charge on any atom is -0.476 e. The van der Waals surface area contributed by atoms with Gasteiger partial charge in [0, 0.05) is 11.8 Å². The molecule has 2 atom stereocenters. The van der Waals surface area contributed by atoms with Gasteiger partial charge in [-0.2, -0.15) is 0 Å². The molecule has 7 heteroatoms. The summed E-state index contributed by atoms with van der Waals surface area (Å²) < 4.78 is 5.18. The second-order valence-electron chi connectivity index (χ2n) is 5.38. The summed E-state index contributed by atoms with van der Waals surface area (Å²) in [4.78, 5) is 19.0. The van der Waals surface area contributed by atoms with Gasteiger partial charge in [0.2, 0.25) is 5.89 Å². The van der Waals surface area contributed by atoms with Crippen LogP contribution in [0.15, 0.2) is 29.0 Å². The van der Waals surface area contributed by atoms with Crippen molar-refractivity contribution in [2.75, 3.05) is 5.32 Å². The Bertz CT molecular complexity index is 670. The number of oxazole rings is 1. The van der Waals surface area contributed by atoms with E-state index in [1.807, 2.05) is 0 Å². The minimum atomic E-state index is -1.13. The molecular formula is C15H17N3O4. The molecular weight excluding hydrogens is 286 g/mol. The first-order chi connectivity index (χ1) is 10.6. The average Bonchev–Trinajstić information content (AvgIpc) is 3.00. The van der Waals surface area contributed by atoms with E-state index in [1.165, 1.54) is 0 Å². The van der Waals surface area contributed by atoms with E-state index in [-0.39, 0.29) is 23.7 Å². The van der Waals surface area contributed by atoms with Crippen LogP contribution in [0.25, 0.3) is 11.5 Å². The van der Waals surface area contributed by atoms with Gasteiger partial charge in [-0.1, -0.05) is 12.8 Å². The highest BCUT2D eigenvalue weighted by atomic mass is 16.4. The number of nitrogens with zero attached hydrogens (tertiary/aromatic N) is 2. The standard InChI is InChI=1S/C15H17N3O4/c19-12-4-2-1-3-10(12)17-13-7-9(5-6-16-13)14-18-11(8-22-14)15(20)21/h5-8,10,12,19H,1-4H2,(H,16,17)(H,20,21)/t10-,12+/m1/s1. The van der Waals surface area contributed by atoms with Crippen molar-refractivity contribution in [2.45, 2.75) is 37.8 Å². The molecule has 3 rings (SSSR count). The molecule has 1 aliphatic carbocycles. The van der Waals surface area contributed by atoms with E-state index in [0.717, 1.165) is 31.9 Å². The predicted octanol–water partition coefficient (Wildman–Crippen LogP) is 2.15. The largest absolute Gasteiger partial charge is 0.476 e. The van der Waals surface area contributed by atoms with Crippen molar-refractivity contribution in [1.82, 2.24) is 9.97 Å². The van der Waals surface area contributed by atoms with Gasteiger partial charge in [0.25, 0.3) is 0 Å². The average molecular weight is 303 g/mol. The number of aliphatic hydroxyl groups is 1. The Kier molecular flexibility index (Phi) is 4.06. The zero-order valence-electron chi connectivity index (χ0n) is 11.9. The third-order valence-corrected chi connectivity index (χ3v) is 3.79. The highest BCUT2D eigenvalue weighted by molar-refractivity contribution is 5.85. The smallest absolute Gasteiger partial charge is 0.357 e. The fraction of sp³-hybridized carbons (Fsp3) is 0.400. The van der Waals surface area contributed by atoms with Crippen molar-refractivity contribution >= 4 is 11.8 Å². The van der Waals surface area contributed by atoms with Crippen LogP contribution in [0.3, 0.4) is 0 Å². The van der Waals surface area contributed by atoms with Crippen molar-refractivity contribution in [2.24, 2.45) is 0 Å². The lowest BCUT2D eigenvalue weighted by molar-refractivity contribution is 0.0690. The van der Waals surface area contributed by atoms with Gasteiger partial charge in [0.1, 0.15) is 12.1 Å². The fourth-order valence-electron chi connectivity index (χ4n) is 2.62. The van der Waals surface area contributed by atoms with Crippen LogP contribution in [0.1, 0.15) is 36.2 Å². The van der Waals surface area contributed by atoms with Crippen LogP contribution in [-0.4, -0.2) is 38.3 Å². The highest BCUT2D eigenvalue weighted by Crippen LogP contribution is 2.24. The first-order valence-electron chi connectivity index (χ1n) is 7.23. The number of carboxylic acids is 1. The number of hydrogen-bond donors (Lipinski definition) is 3. The van der Waals surface area contributed by atoms with E-state index < -0.39 is 5.97 Å². The molecule has 0 aliphatic heterocycles. The molecule has 2 aromatic rings. The SMILES string of the molecule is O=C(O)c1coc(-c2ccnc(N[C@@H]3CCCC[C@@H]3O)c2)n1. The van der Waals surface area contributed by atoms with E-state index in [1.54, 1.807) is 18.3 Å². The number of aromatic carboxylic acids is 1. The Morgan fingerprint density at radius 3 is 2.91 bits per heavy atom. The number of carboxylic acid groups (broad SMARTS) is 1. The van der Waals surface area contributed by atoms with Gasteiger partial charge >= 0.3 is 5.97 Å². The summed E-state index contributed by atoms with van der Waals surface area (Å²) in [5.74, 6) is -0.293. The normalized spacial score (nSPS) is 21.5. The van der Waals surface area contributed by atoms with Crippen LogP contribution in [0, 0.1) is 0 Å². The predicted molar refractivity (Wildman–Crippen MR) is 78.6 cm³/mol. The van der Waals surface area contributed by atoms with Crippen LogP contribution in [-0.2, 0) is 0 Å². The second kappa shape index (κ2) is 6.15. The van der Waals surface area contributed by atoms with Gasteiger partial charge in [-0.15, -0.1) is 0 Å². The third kappa shape index (κ3) is 3.09. The number of carbonyl (C=O) groups is 1. The molecule has 0 amide bonds. The molecule has 0 bridgehead atoms. The van der Waals surface area contributed by atoms with Crippen LogP contribution in [0.4, 0.5) is 5.82 Å². The molecule has 116 valence electrons. The number of hydrogen-bond acceptors (Lipinski definition) is 6. The lowest BCUT2D eigenvalue weighted by Crippen LogP contribution is -2.36. The molecule has 7 nitrogen and oxygen atoms in total. The number of rotatable bonds is 4. The maximum Gasteiger partial charge on any atom is 0.357 e. The van der Waals surface area contributed by atoms with Crippen molar-refractivity contribution in [3.63, 3.8) is 0 Å². The van der Waals surface area contributed by atoms with E-state index in [4.69, 9.17) is 9.52 Å². The summed E-state index contributed by atoms with van der Waals surface area (Å²) in [5, 5.41) is 22.1. The first-order valence-corrected chi connectivity index (χ1v) is 7.23. The lowest BCUT2D eigenvalue weighted by Gasteiger charge is -2.28.